The smallest absolute Gasteiger partial charge is 0.309 e. The van der Waals surface area contributed by atoms with Gasteiger partial charge < -0.3 is 10.1 Å². The normalized spacial score (nSPS) is 19.9. The summed E-state index contributed by atoms with van der Waals surface area (Å²) in [6.07, 6.45) is 4.64. The molecule has 1 N–H and O–H groups in total. The Bertz CT molecular complexity index is 655. The molecule has 0 bridgehead atoms. The van der Waals surface area contributed by atoms with E-state index in [-0.39, 0.29) is 24.4 Å². The highest BCUT2D eigenvalue weighted by Crippen LogP contribution is 2.39. The lowest BCUT2D eigenvalue weighted by molar-refractivity contribution is -0.148. The molecule has 0 radical (unpaired) electrons. The van der Waals surface area contributed by atoms with Gasteiger partial charge in [0.15, 0.2) is 6.61 Å². The van der Waals surface area contributed by atoms with Crippen LogP contribution in [0.15, 0.2) is 0 Å². The molecule has 6 heteroatoms. The molecular formula is C16H18N2O3S. The van der Waals surface area contributed by atoms with Crippen molar-refractivity contribution in [1.29, 1.82) is 5.26 Å². The highest BCUT2D eigenvalue weighted by atomic mass is 32.1. The van der Waals surface area contributed by atoms with Crippen molar-refractivity contribution < 1.29 is 14.3 Å². The number of amides is 1. The highest BCUT2D eigenvalue weighted by molar-refractivity contribution is 7.16. The quantitative estimate of drug-likeness (QED) is 0.866. The summed E-state index contributed by atoms with van der Waals surface area (Å²) in [7, 11) is 0. The number of carbonyl (C=O) groups is 2. The number of nitrogens with one attached hydrogen (secondary N) is 1. The summed E-state index contributed by atoms with van der Waals surface area (Å²) in [6, 6.07) is 2.20. The maximum absolute atomic E-state index is 11.9. The van der Waals surface area contributed by atoms with Crippen LogP contribution in [0.3, 0.4) is 0 Å². The molecule has 0 saturated heterocycles. The predicted octanol–water partition coefficient (Wildman–Crippen LogP) is 2.64. The van der Waals surface area contributed by atoms with Gasteiger partial charge in [-0.2, -0.15) is 5.26 Å². The van der Waals surface area contributed by atoms with Crippen LogP contribution < -0.4 is 5.32 Å². The van der Waals surface area contributed by atoms with Crippen LogP contribution in [0, 0.1) is 23.2 Å². The van der Waals surface area contributed by atoms with Crippen LogP contribution in [0.5, 0.6) is 0 Å². The Hall–Kier alpha value is -1.87. The SMILES string of the molecule is CC1CCc2c(sc(NC(=O)COC(=O)C3CC3)c2C#N)C1. The standard InChI is InChI=1S/C16H18N2O3S/c1-9-2-5-11-12(7-17)15(22-13(11)6-9)18-14(19)8-21-16(20)10-3-4-10/h9-10H,2-6,8H2,1H3,(H,18,19). The van der Waals surface area contributed by atoms with Crippen molar-refractivity contribution in [1.82, 2.24) is 0 Å². The molecule has 1 fully saturated rings. The number of rotatable bonds is 4. The van der Waals surface area contributed by atoms with Gasteiger partial charge >= 0.3 is 5.97 Å². The van der Waals surface area contributed by atoms with E-state index in [9.17, 15) is 14.9 Å². The predicted molar refractivity (Wildman–Crippen MR) is 82.5 cm³/mol. The Morgan fingerprint density at radius 1 is 1.41 bits per heavy atom. The fraction of sp³-hybridized carbons (Fsp3) is 0.562. The Morgan fingerprint density at radius 2 is 2.18 bits per heavy atom. The van der Waals surface area contributed by atoms with Crippen LogP contribution in [0.25, 0.3) is 0 Å². The van der Waals surface area contributed by atoms with Gasteiger partial charge in [-0.25, -0.2) is 0 Å². The molecule has 0 aromatic carbocycles. The summed E-state index contributed by atoms with van der Waals surface area (Å²) in [4.78, 5) is 24.5. The fourth-order valence-corrected chi connectivity index (χ4v) is 4.07. The van der Waals surface area contributed by atoms with Crippen LogP contribution in [-0.4, -0.2) is 18.5 Å². The number of hydrogen-bond acceptors (Lipinski definition) is 5. The van der Waals surface area contributed by atoms with E-state index in [4.69, 9.17) is 4.74 Å². The molecule has 3 rings (SSSR count). The molecule has 1 unspecified atom stereocenters. The number of hydrogen-bond donors (Lipinski definition) is 1. The Balaban J connectivity index is 1.65. The lowest BCUT2D eigenvalue weighted by atomic mass is 9.89. The lowest BCUT2D eigenvalue weighted by Gasteiger charge is -2.17. The first-order chi connectivity index (χ1) is 10.6. The Labute approximate surface area is 133 Å². The zero-order chi connectivity index (χ0) is 15.7. The number of thiophene rings is 1. The molecule has 1 saturated carbocycles. The van der Waals surface area contributed by atoms with Gasteiger partial charge in [-0.15, -0.1) is 11.3 Å². The zero-order valence-electron chi connectivity index (χ0n) is 12.5. The van der Waals surface area contributed by atoms with E-state index in [1.807, 2.05) is 0 Å². The van der Waals surface area contributed by atoms with Gasteiger partial charge in [-0.3, -0.25) is 9.59 Å². The van der Waals surface area contributed by atoms with Crippen molar-refractivity contribution in [2.24, 2.45) is 11.8 Å². The van der Waals surface area contributed by atoms with Gasteiger partial charge in [0.1, 0.15) is 11.1 Å². The number of nitriles is 1. The number of nitrogens with zero attached hydrogens (tertiary/aromatic N) is 1. The molecule has 2 aliphatic carbocycles. The number of fused-ring (bicyclic) bond motifs is 1. The molecule has 1 heterocycles. The van der Waals surface area contributed by atoms with Gasteiger partial charge in [0.25, 0.3) is 5.91 Å². The average Bonchev–Trinajstić information content (AvgIpc) is 3.27. The molecule has 1 atom stereocenters. The van der Waals surface area contributed by atoms with Gasteiger partial charge in [-0.05, 0) is 43.6 Å². The van der Waals surface area contributed by atoms with Crippen molar-refractivity contribution in [3.63, 3.8) is 0 Å². The number of ether oxygens (including phenoxy) is 1. The third-order valence-electron chi connectivity index (χ3n) is 4.13. The van der Waals surface area contributed by atoms with E-state index < -0.39 is 0 Å². The molecule has 1 aromatic rings. The summed E-state index contributed by atoms with van der Waals surface area (Å²) in [5, 5.41) is 12.7. The second kappa shape index (κ2) is 6.09. The van der Waals surface area contributed by atoms with Crippen LogP contribution in [-0.2, 0) is 27.2 Å². The second-order valence-electron chi connectivity index (χ2n) is 6.10. The third-order valence-corrected chi connectivity index (χ3v) is 5.30. The minimum Gasteiger partial charge on any atom is -0.455 e. The van der Waals surface area contributed by atoms with Crippen molar-refractivity contribution in [2.75, 3.05) is 11.9 Å². The van der Waals surface area contributed by atoms with Crippen LogP contribution >= 0.6 is 11.3 Å². The van der Waals surface area contributed by atoms with E-state index in [1.54, 1.807) is 0 Å². The molecule has 2 aliphatic rings. The molecule has 5 nitrogen and oxygen atoms in total. The second-order valence-corrected chi connectivity index (χ2v) is 7.20. The molecule has 116 valence electrons. The summed E-state index contributed by atoms with van der Waals surface area (Å²) >= 11 is 1.48. The first kappa shape index (κ1) is 15.0. The summed E-state index contributed by atoms with van der Waals surface area (Å²) in [6.45, 7) is 1.92. The first-order valence-electron chi connectivity index (χ1n) is 7.59. The molecule has 1 amide bonds. The first-order valence-corrected chi connectivity index (χ1v) is 8.41. The minimum atomic E-state index is -0.378. The van der Waals surface area contributed by atoms with Gasteiger partial charge in [0, 0.05) is 4.88 Å². The molecule has 0 aliphatic heterocycles. The summed E-state index contributed by atoms with van der Waals surface area (Å²) in [5.41, 5.74) is 1.66. The summed E-state index contributed by atoms with van der Waals surface area (Å²) in [5.74, 6) is -0.0779. The Morgan fingerprint density at radius 3 is 2.86 bits per heavy atom. The Kier molecular flexibility index (Phi) is 4.16. The van der Waals surface area contributed by atoms with E-state index in [0.29, 0.717) is 16.5 Å². The average molecular weight is 318 g/mol. The van der Waals surface area contributed by atoms with Gasteiger partial charge in [0.2, 0.25) is 0 Å². The maximum atomic E-state index is 11.9. The largest absolute Gasteiger partial charge is 0.455 e. The molecule has 0 spiro atoms. The number of carbonyl (C=O) groups excluding carboxylic acids is 2. The lowest BCUT2D eigenvalue weighted by Crippen LogP contribution is -2.21. The topological polar surface area (TPSA) is 79.2 Å². The maximum Gasteiger partial charge on any atom is 0.309 e. The van der Waals surface area contributed by atoms with Crippen molar-refractivity contribution in [3.8, 4) is 6.07 Å². The highest BCUT2D eigenvalue weighted by Gasteiger charge is 2.31. The van der Waals surface area contributed by atoms with Crippen LogP contribution in [0.2, 0.25) is 0 Å². The number of esters is 1. The number of anilines is 1. The van der Waals surface area contributed by atoms with Crippen molar-refractivity contribution in [2.45, 2.75) is 39.0 Å². The zero-order valence-corrected chi connectivity index (χ0v) is 13.3. The van der Waals surface area contributed by atoms with E-state index in [2.05, 4.69) is 18.3 Å². The van der Waals surface area contributed by atoms with E-state index in [0.717, 1.165) is 37.7 Å². The van der Waals surface area contributed by atoms with E-state index in [1.165, 1.54) is 16.2 Å². The molecule has 22 heavy (non-hydrogen) atoms. The van der Waals surface area contributed by atoms with Gasteiger partial charge in [0.05, 0.1) is 11.5 Å². The fourth-order valence-electron chi connectivity index (χ4n) is 2.69. The van der Waals surface area contributed by atoms with Crippen LogP contribution in [0.1, 0.15) is 42.2 Å². The minimum absolute atomic E-state index is 0.0157. The third kappa shape index (κ3) is 3.14. The van der Waals surface area contributed by atoms with Crippen LogP contribution in [0.4, 0.5) is 5.00 Å². The van der Waals surface area contributed by atoms with Gasteiger partial charge in [-0.1, -0.05) is 6.92 Å². The molecule has 1 aromatic heterocycles. The van der Waals surface area contributed by atoms with Crippen molar-refractivity contribution in [3.05, 3.63) is 16.0 Å². The summed E-state index contributed by atoms with van der Waals surface area (Å²) < 4.78 is 4.96. The van der Waals surface area contributed by atoms with Crippen molar-refractivity contribution >= 4 is 28.2 Å². The molecular weight excluding hydrogens is 300 g/mol. The van der Waals surface area contributed by atoms with E-state index >= 15 is 0 Å². The monoisotopic (exact) mass is 318 g/mol.